The SMILES string of the molecule is CCC(=O)C1CCC2CCC1O2. The summed E-state index contributed by atoms with van der Waals surface area (Å²) in [6.45, 7) is 1.95. The molecule has 0 spiro atoms. The van der Waals surface area contributed by atoms with Crippen molar-refractivity contribution in [2.75, 3.05) is 0 Å². The van der Waals surface area contributed by atoms with Crippen LogP contribution in [0.2, 0.25) is 0 Å². The van der Waals surface area contributed by atoms with E-state index in [0.29, 0.717) is 18.3 Å². The first-order valence-electron chi connectivity index (χ1n) is 4.99. The Hall–Kier alpha value is -0.370. The van der Waals surface area contributed by atoms with Crippen LogP contribution < -0.4 is 0 Å². The van der Waals surface area contributed by atoms with Crippen molar-refractivity contribution in [3.8, 4) is 0 Å². The molecule has 0 aromatic carbocycles. The lowest BCUT2D eigenvalue weighted by Crippen LogP contribution is -2.32. The number of carbonyl (C=O) groups is 1. The highest BCUT2D eigenvalue weighted by Crippen LogP contribution is 2.37. The Labute approximate surface area is 73.3 Å². The minimum absolute atomic E-state index is 0.230. The van der Waals surface area contributed by atoms with E-state index in [-0.39, 0.29) is 12.0 Å². The summed E-state index contributed by atoms with van der Waals surface area (Å²) in [5, 5.41) is 0. The Bertz CT molecular complexity index is 188. The topological polar surface area (TPSA) is 26.3 Å². The largest absolute Gasteiger partial charge is 0.374 e. The fraction of sp³-hybridized carbons (Fsp3) is 0.900. The zero-order chi connectivity index (χ0) is 8.55. The van der Waals surface area contributed by atoms with Crippen molar-refractivity contribution < 1.29 is 9.53 Å². The van der Waals surface area contributed by atoms with Gasteiger partial charge in [0.25, 0.3) is 0 Å². The van der Waals surface area contributed by atoms with Gasteiger partial charge in [-0.25, -0.2) is 0 Å². The molecule has 3 atom stereocenters. The molecule has 2 fully saturated rings. The fourth-order valence-corrected chi connectivity index (χ4v) is 2.42. The zero-order valence-electron chi connectivity index (χ0n) is 7.58. The maximum Gasteiger partial charge on any atom is 0.138 e. The number of hydrogen-bond donors (Lipinski definition) is 0. The van der Waals surface area contributed by atoms with Crippen molar-refractivity contribution in [2.45, 2.75) is 51.2 Å². The van der Waals surface area contributed by atoms with Crippen LogP contribution in [0.5, 0.6) is 0 Å². The Morgan fingerprint density at radius 3 is 2.83 bits per heavy atom. The van der Waals surface area contributed by atoms with Crippen molar-refractivity contribution in [1.29, 1.82) is 0 Å². The number of ether oxygens (including phenoxy) is 1. The molecule has 2 heterocycles. The van der Waals surface area contributed by atoms with Gasteiger partial charge in [-0.05, 0) is 25.7 Å². The number of carbonyl (C=O) groups excluding carboxylic acids is 1. The molecule has 2 rings (SSSR count). The van der Waals surface area contributed by atoms with Crippen LogP contribution in [-0.2, 0) is 9.53 Å². The second-order valence-corrected chi connectivity index (χ2v) is 3.88. The summed E-state index contributed by atoms with van der Waals surface area (Å²) in [5.74, 6) is 0.633. The maximum absolute atomic E-state index is 11.5. The van der Waals surface area contributed by atoms with E-state index in [1.807, 2.05) is 6.92 Å². The van der Waals surface area contributed by atoms with E-state index in [1.54, 1.807) is 0 Å². The predicted octanol–water partition coefficient (Wildman–Crippen LogP) is 1.92. The summed E-state index contributed by atoms with van der Waals surface area (Å²) in [7, 11) is 0. The van der Waals surface area contributed by atoms with Crippen molar-refractivity contribution in [2.24, 2.45) is 5.92 Å². The molecule has 2 aliphatic rings. The van der Waals surface area contributed by atoms with Crippen LogP contribution >= 0.6 is 0 Å². The van der Waals surface area contributed by atoms with Gasteiger partial charge in [0.2, 0.25) is 0 Å². The second kappa shape index (κ2) is 3.17. The van der Waals surface area contributed by atoms with E-state index in [4.69, 9.17) is 4.74 Å². The average molecular weight is 168 g/mol. The Morgan fingerprint density at radius 2 is 2.08 bits per heavy atom. The lowest BCUT2D eigenvalue weighted by atomic mass is 9.90. The minimum atomic E-state index is 0.230. The van der Waals surface area contributed by atoms with E-state index in [2.05, 4.69) is 0 Å². The van der Waals surface area contributed by atoms with E-state index < -0.39 is 0 Å². The number of fused-ring (bicyclic) bond motifs is 2. The van der Waals surface area contributed by atoms with Crippen molar-refractivity contribution >= 4 is 5.78 Å². The molecule has 0 amide bonds. The first kappa shape index (κ1) is 8.24. The Morgan fingerprint density at radius 1 is 1.33 bits per heavy atom. The molecule has 0 radical (unpaired) electrons. The summed E-state index contributed by atoms with van der Waals surface area (Å²) in [4.78, 5) is 11.5. The van der Waals surface area contributed by atoms with Gasteiger partial charge in [0.15, 0.2) is 0 Å². The lowest BCUT2D eigenvalue weighted by molar-refractivity contribution is -0.131. The molecule has 0 aromatic heterocycles. The van der Waals surface area contributed by atoms with Gasteiger partial charge in [-0.15, -0.1) is 0 Å². The van der Waals surface area contributed by atoms with E-state index >= 15 is 0 Å². The highest BCUT2D eigenvalue weighted by molar-refractivity contribution is 5.81. The molecule has 12 heavy (non-hydrogen) atoms. The van der Waals surface area contributed by atoms with Crippen molar-refractivity contribution in [1.82, 2.24) is 0 Å². The van der Waals surface area contributed by atoms with Crippen LogP contribution in [0.1, 0.15) is 39.0 Å². The normalized spacial score (nSPS) is 39.9. The van der Waals surface area contributed by atoms with Gasteiger partial charge in [0, 0.05) is 12.3 Å². The third kappa shape index (κ3) is 1.28. The molecule has 0 aliphatic carbocycles. The van der Waals surface area contributed by atoms with Crippen LogP contribution in [0.4, 0.5) is 0 Å². The van der Waals surface area contributed by atoms with Gasteiger partial charge in [0.05, 0.1) is 12.2 Å². The van der Waals surface area contributed by atoms with Crippen LogP contribution in [0.15, 0.2) is 0 Å². The molecule has 0 aromatic rings. The van der Waals surface area contributed by atoms with Crippen molar-refractivity contribution in [3.63, 3.8) is 0 Å². The summed E-state index contributed by atoms with van der Waals surface area (Å²) >= 11 is 0. The summed E-state index contributed by atoms with van der Waals surface area (Å²) in [6, 6.07) is 0. The summed E-state index contributed by atoms with van der Waals surface area (Å²) in [5.41, 5.74) is 0. The molecule has 3 unspecified atom stereocenters. The van der Waals surface area contributed by atoms with Crippen molar-refractivity contribution in [3.05, 3.63) is 0 Å². The van der Waals surface area contributed by atoms with E-state index in [1.165, 1.54) is 6.42 Å². The number of ketones is 1. The molecule has 2 bridgehead atoms. The van der Waals surface area contributed by atoms with Gasteiger partial charge in [-0.3, -0.25) is 4.79 Å². The number of rotatable bonds is 2. The quantitative estimate of drug-likeness (QED) is 0.629. The average Bonchev–Trinajstić information content (AvgIpc) is 2.47. The monoisotopic (exact) mass is 168 g/mol. The fourth-order valence-electron chi connectivity index (χ4n) is 2.42. The molecule has 0 saturated carbocycles. The molecular weight excluding hydrogens is 152 g/mol. The molecular formula is C10H16O2. The second-order valence-electron chi connectivity index (χ2n) is 3.88. The van der Waals surface area contributed by atoms with Gasteiger partial charge in [-0.2, -0.15) is 0 Å². The number of hydrogen-bond acceptors (Lipinski definition) is 2. The first-order valence-corrected chi connectivity index (χ1v) is 4.99. The molecule has 2 heteroatoms. The Kier molecular flexibility index (Phi) is 2.18. The molecule has 0 N–H and O–H groups in total. The van der Waals surface area contributed by atoms with Gasteiger partial charge >= 0.3 is 0 Å². The van der Waals surface area contributed by atoms with Crippen LogP contribution in [-0.4, -0.2) is 18.0 Å². The highest BCUT2D eigenvalue weighted by Gasteiger charge is 2.39. The van der Waals surface area contributed by atoms with E-state index in [0.717, 1.165) is 19.3 Å². The molecule has 2 nitrogen and oxygen atoms in total. The standard InChI is InChI=1S/C10H16O2/c1-2-9(11)8-5-3-7-4-6-10(8)12-7/h7-8,10H,2-6H2,1H3. The number of Topliss-reactive ketones (excluding diaryl/α,β-unsaturated/α-hetero) is 1. The third-order valence-electron chi connectivity index (χ3n) is 3.15. The smallest absolute Gasteiger partial charge is 0.138 e. The van der Waals surface area contributed by atoms with Crippen LogP contribution in [0.25, 0.3) is 0 Å². The predicted molar refractivity (Wildman–Crippen MR) is 45.9 cm³/mol. The highest BCUT2D eigenvalue weighted by atomic mass is 16.5. The third-order valence-corrected chi connectivity index (χ3v) is 3.15. The summed E-state index contributed by atoms with van der Waals surface area (Å²) in [6.07, 6.45) is 5.90. The first-order chi connectivity index (χ1) is 5.81. The lowest BCUT2D eigenvalue weighted by Gasteiger charge is -2.27. The summed E-state index contributed by atoms with van der Waals surface area (Å²) < 4.78 is 5.71. The van der Waals surface area contributed by atoms with Gasteiger partial charge in [0.1, 0.15) is 5.78 Å². The maximum atomic E-state index is 11.5. The van der Waals surface area contributed by atoms with Gasteiger partial charge in [-0.1, -0.05) is 6.92 Å². The van der Waals surface area contributed by atoms with E-state index in [9.17, 15) is 4.79 Å². The van der Waals surface area contributed by atoms with Crippen LogP contribution in [0.3, 0.4) is 0 Å². The molecule has 2 saturated heterocycles. The zero-order valence-corrected chi connectivity index (χ0v) is 7.58. The Balaban J connectivity index is 2.02. The molecule has 2 aliphatic heterocycles. The minimum Gasteiger partial charge on any atom is -0.374 e. The van der Waals surface area contributed by atoms with Gasteiger partial charge < -0.3 is 4.74 Å². The van der Waals surface area contributed by atoms with Crippen LogP contribution in [0, 0.1) is 5.92 Å². The molecule has 68 valence electrons.